The number of fused-ring (bicyclic) bond motifs is 1. The number of aryl methyl sites for hydroxylation is 1. The van der Waals surface area contributed by atoms with Crippen LogP contribution in [0.4, 0.5) is 0 Å². The fraction of sp³-hybridized carbons (Fsp3) is 0.350. The van der Waals surface area contributed by atoms with Crippen LogP contribution >= 0.6 is 23.4 Å². The normalized spacial score (nSPS) is 13.8. The van der Waals surface area contributed by atoms with E-state index in [1.54, 1.807) is 13.8 Å². The van der Waals surface area contributed by atoms with E-state index in [0.717, 1.165) is 41.6 Å². The summed E-state index contributed by atoms with van der Waals surface area (Å²) in [5.74, 6) is -0.295. The number of halogens is 1. The minimum absolute atomic E-state index is 0.295. The van der Waals surface area contributed by atoms with Crippen LogP contribution in [-0.4, -0.2) is 22.8 Å². The van der Waals surface area contributed by atoms with E-state index >= 15 is 0 Å². The molecular formula is C20H19ClN2O2S. The molecule has 1 aromatic heterocycles. The Morgan fingerprint density at radius 2 is 2.12 bits per heavy atom. The number of nitriles is 1. The molecule has 0 bridgehead atoms. The molecule has 6 heteroatoms. The molecule has 0 aliphatic heterocycles. The molecule has 0 spiro atoms. The van der Waals surface area contributed by atoms with Gasteiger partial charge in [-0.25, -0.2) is 4.98 Å². The molecule has 0 radical (unpaired) electrons. The van der Waals surface area contributed by atoms with Crippen LogP contribution in [0.2, 0.25) is 5.02 Å². The van der Waals surface area contributed by atoms with E-state index in [9.17, 15) is 10.1 Å². The number of pyridine rings is 1. The number of carbonyl (C=O) groups excluding carboxylic acids is 1. The van der Waals surface area contributed by atoms with Crippen LogP contribution in [-0.2, 0) is 22.4 Å². The van der Waals surface area contributed by atoms with Gasteiger partial charge in [-0.15, -0.1) is 0 Å². The van der Waals surface area contributed by atoms with E-state index in [0.29, 0.717) is 22.2 Å². The van der Waals surface area contributed by atoms with Crippen molar-refractivity contribution in [2.75, 3.05) is 6.61 Å². The van der Waals surface area contributed by atoms with Gasteiger partial charge in [-0.2, -0.15) is 5.26 Å². The highest BCUT2D eigenvalue weighted by atomic mass is 35.5. The van der Waals surface area contributed by atoms with Gasteiger partial charge in [0.25, 0.3) is 0 Å². The summed E-state index contributed by atoms with van der Waals surface area (Å²) in [6, 6.07) is 9.83. The van der Waals surface area contributed by atoms with Crippen molar-refractivity contribution in [1.82, 2.24) is 4.98 Å². The first-order chi connectivity index (χ1) is 12.5. The number of benzene rings is 1. The Kier molecular flexibility index (Phi) is 5.85. The SMILES string of the molecule is CCOC(=O)C(C)Sc1nc2c(c(-c3ccc(Cl)cc3)c1C#N)CCC2. The number of carbonyl (C=O) groups is 1. The molecule has 1 aliphatic carbocycles. The lowest BCUT2D eigenvalue weighted by molar-refractivity contribution is -0.142. The zero-order valence-corrected chi connectivity index (χ0v) is 16.3. The highest BCUT2D eigenvalue weighted by Crippen LogP contribution is 2.39. The number of thioether (sulfide) groups is 1. The van der Waals surface area contributed by atoms with Crippen molar-refractivity contribution < 1.29 is 9.53 Å². The maximum absolute atomic E-state index is 12.0. The zero-order valence-electron chi connectivity index (χ0n) is 14.7. The van der Waals surface area contributed by atoms with Crippen molar-refractivity contribution in [3.63, 3.8) is 0 Å². The van der Waals surface area contributed by atoms with Gasteiger partial charge in [-0.1, -0.05) is 35.5 Å². The number of ether oxygens (including phenoxy) is 1. The van der Waals surface area contributed by atoms with Gasteiger partial charge in [0, 0.05) is 16.3 Å². The molecule has 0 N–H and O–H groups in total. The summed E-state index contributed by atoms with van der Waals surface area (Å²) < 4.78 is 5.08. The summed E-state index contributed by atoms with van der Waals surface area (Å²) in [6.07, 6.45) is 2.83. The van der Waals surface area contributed by atoms with Crippen molar-refractivity contribution in [3.05, 3.63) is 46.1 Å². The lowest BCUT2D eigenvalue weighted by atomic mass is 9.95. The van der Waals surface area contributed by atoms with E-state index in [1.165, 1.54) is 11.8 Å². The topological polar surface area (TPSA) is 63.0 Å². The number of hydrogen-bond donors (Lipinski definition) is 0. The monoisotopic (exact) mass is 386 g/mol. The van der Waals surface area contributed by atoms with Gasteiger partial charge >= 0.3 is 5.97 Å². The Morgan fingerprint density at radius 3 is 2.77 bits per heavy atom. The maximum atomic E-state index is 12.0. The van der Waals surface area contributed by atoms with Crippen LogP contribution < -0.4 is 0 Å². The number of hydrogen-bond acceptors (Lipinski definition) is 5. The van der Waals surface area contributed by atoms with Gasteiger partial charge in [-0.3, -0.25) is 4.79 Å². The summed E-state index contributed by atoms with van der Waals surface area (Å²) in [5, 5.41) is 10.7. The van der Waals surface area contributed by atoms with Gasteiger partial charge in [0.1, 0.15) is 16.3 Å². The van der Waals surface area contributed by atoms with E-state index < -0.39 is 5.25 Å². The van der Waals surface area contributed by atoms with Crippen molar-refractivity contribution in [3.8, 4) is 17.2 Å². The Morgan fingerprint density at radius 1 is 1.38 bits per heavy atom. The minimum Gasteiger partial charge on any atom is -0.465 e. The molecule has 1 atom stereocenters. The van der Waals surface area contributed by atoms with Crippen molar-refractivity contribution in [2.45, 2.75) is 43.4 Å². The standard InChI is InChI=1S/C20H19ClN2O2S/c1-3-25-20(24)12(2)26-19-16(11-22)18(13-7-9-14(21)10-8-13)15-5-4-6-17(15)23-19/h7-10,12H,3-6H2,1-2H3. The van der Waals surface area contributed by atoms with Crippen LogP contribution in [0.3, 0.4) is 0 Å². The first kappa shape index (κ1) is 18.8. The molecule has 0 saturated heterocycles. The Hall–Kier alpha value is -2.03. The first-order valence-electron chi connectivity index (χ1n) is 8.60. The second-order valence-electron chi connectivity index (χ2n) is 6.08. The Balaban J connectivity index is 2.09. The average molecular weight is 387 g/mol. The molecule has 4 nitrogen and oxygen atoms in total. The van der Waals surface area contributed by atoms with Crippen molar-refractivity contribution in [1.29, 1.82) is 5.26 Å². The number of aromatic nitrogens is 1. The van der Waals surface area contributed by atoms with Crippen LogP contribution in [0.15, 0.2) is 29.3 Å². The highest BCUT2D eigenvalue weighted by molar-refractivity contribution is 8.00. The Labute approximate surface area is 162 Å². The minimum atomic E-state index is -0.424. The van der Waals surface area contributed by atoms with E-state index in [-0.39, 0.29) is 5.97 Å². The third kappa shape index (κ3) is 3.72. The maximum Gasteiger partial charge on any atom is 0.319 e. The smallest absolute Gasteiger partial charge is 0.319 e. The summed E-state index contributed by atoms with van der Waals surface area (Å²) in [5.41, 5.74) is 4.56. The number of nitrogens with zero attached hydrogens (tertiary/aromatic N) is 2. The third-order valence-electron chi connectivity index (χ3n) is 4.34. The molecule has 1 heterocycles. The predicted molar refractivity (Wildman–Crippen MR) is 103 cm³/mol. The van der Waals surface area contributed by atoms with E-state index in [2.05, 4.69) is 6.07 Å². The molecule has 26 heavy (non-hydrogen) atoms. The number of esters is 1. The number of rotatable bonds is 5. The van der Waals surface area contributed by atoms with E-state index in [1.807, 2.05) is 24.3 Å². The molecule has 2 aromatic rings. The largest absolute Gasteiger partial charge is 0.465 e. The first-order valence-corrected chi connectivity index (χ1v) is 9.86. The Bertz CT molecular complexity index is 875. The van der Waals surface area contributed by atoms with Gasteiger partial charge < -0.3 is 4.74 Å². The lowest BCUT2D eigenvalue weighted by Crippen LogP contribution is -2.17. The summed E-state index contributed by atoms with van der Waals surface area (Å²) in [7, 11) is 0. The fourth-order valence-electron chi connectivity index (χ4n) is 3.16. The molecule has 134 valence electrons. The van der Waals surface area contributed by atoms with Gasteiger partial charge in [0.05, 0.1) is 12.2 Å². The van der Waals surface area contributed by atoms with Crippen LogP contribution in [0.5, 0.6) is 0 Å². The van der Waals surface area contributed by atoms with Gasteiger partial charge in [0.2, 0.25) is 0 Å². The van der Waals surface area contributed by atoms with Crippen LogP contribution in [0.25, 0.3) is 11.1 Å². The van der Waals surface area contributed by atoms with Crippen molar-refractivity contribution in [2.24, 2.45) is 0 Å². The van der Waals surface area contributed by atoms with E-state index in [4.69, 9.17) is 21.3 Å². The molecule has 0 saturated carbocycles. The van der Waals surface area contributed by atoms with Crippen LogP contribution in [0, 0.1) is 11.3 Å². The molecular weight excluding hydrogens is 368 g/mol. The lowest BCUT2D eigenvalue weighted by Gasteiger charge is -2.16. The molecule has 1 aromatic carbocycles. The molecule has 1 unspecified atom stereocenters. The second-order valence-corrected chi connectivity index (χ2v) is 7.84. The predicted octanol–water partition coefficient (Wildman–Crippen LogP) is 4.81. The average Bonchev–Trinajstić information content (AvgIpc) is 3.09. The molecule has 1 aliphatic rings. The second kappa shape index (κ2) is 8.11. The quantitative estimate of drug-likeness (QED) is 0.545. The highest BCUT2D eigenvalue weighted by Gasteiger charge is 2.26. The van der Waals surface area contributed by atoms with Crippen molar-refractivity contribution >= 4 is 29.3 Å². The fourth-order valence-corrected chi connectivity index (χ4v) is 4.21. The molecule has 0 amide bonds. The zero-order chi connectivity index (χ0) is 18.7. The van der Waals surface area contributed by atoms with Gasteiger partial charge in [0.15, 0.2) is 0 Å². The van der Waals surface area contributed by atoms with Gasteiger partial charge in [-0.05, 0) is 56.4 Å². The third-order valence-corrected chi connectivity index (χ3v) is 5.66. The summed E-state index contributed by atoms with van der Waals surface area (Å²) in [6.45, 7) is 3.89. The summed E-state index contributed by atoms with van der Waals surface area (Å²) in [4.78, 5) is 16.7. The molecule has 0 fully saturated rings. The summed E-state index contributed by atoms with van der Waals surface area (Å²) >= 11 is 7.31. The van der Waals surface area contributed by atoms with Crippen LogP contribution in [0.1, 0.15) is 37.1 Å². The molecule has 3 rings (SSSR count).